The van der Waals surface area contributed by atoms with Crippen molar-refractivity contribution < 1.29 is 9.47 Å². The molecule has 1 aromatic carbocycles. The van der Waals surface area contributed by atoms with Crippen LogP contribution in [0, 0.1) is 0 Å². The van der Waals surface area contributed by atoms with Crippen LogP contribution in [-0.4, -0.2) is 44.8 Å². The molecule has 4 nitrogen and oxygen atoms in total. The van der Waals surface area contributed by atoms with Gasteiger partial charge in [-0.3, -0.25) is 4.90 Å². The van der Waals surface area contributed by atoms with Gasteiger partial charge in [-0.05, 0) is 51.1 Å². The van der Waals surface area contributed by atoms with Crippen LogP contribution in [0.15, 0.2) is 30.4 Å². The van der Waals surface area contributed by atoms with E-state index in [0.29, 0.717) is 6.04 Å². The Morgan fingerprint density at radius 3 is 2.59 bits per heavy atom. The molecule has 0 amide bonds. The van der Waals surface area contributed by atoms with Gasteiger partial charge >= 0.3 is 0 Å². The highest BCUT2D eigenvalue weighted by Gasteiger charge is 2.19. The second-order valence-corrected chi connectivity index (χ2v) is 6.07. The highest BCUT2D eigenvalue weighted by molar-refractivity contribution is 5.40. The van der Waals surface area contributed by atoms with E-state index in [2.05, 4.69) is 23.7 Å². The highest BCUT2D eigenvalue weighted by Crippen LogP contribution is 2.24. The van der Waals surface area contributed by atoms with Crippen LogP contribution in [0.5, 0.6) is 11.5 Å². The van der Waals surface area contributed by atoms with Crippen molar-refractivity contribution in [3.8, 4) is 11.5 Å². The van der Waals surface area contributed by atoms with Crippen LogP contribution in [0.2, 0.25) is 0 Å². The van der Waals surface area contributed by atoms with E-state index in [1.54, 1.807) is 14.2 Å². The van der Waals surface area contributed by atoms with Crippen molar-refractivity contribution in [2.75, 3.05) is 33.9 Å². The van der Waals surface area contributed by atoms with E-state index in [4.69, 9.17) is 9.47 Å². The predicted molar refractivity (Wildman–Crippen MR) is 90.7 cm³/mol. The number of nitrogens with one attached hydrogen (secondary N) is 1. The summed E-state index contributed by atoms with van der Waals surface area (Å²) in [5, 5.41) is 3.65. The smallest absolute Gasteiger partial charge is 0.123 e. The van der Waals surface area contributed by atoms with Gasteiger partial charge in [0.15, 0.2) is 0 Å². The standard InChI is InChI=1S/C18H28N2O2/c1-14(2)13-20-9-7-16(8-10-20)19-12-15-11-17(21-3)5-6-18(15)22-4/h5-6,11,16,19H,1,7-10,12-13H2,2-4H3. The molecule has 0 aromatic heterocycles. The Hall–Kier alpha value is -1.52. The lowest BCUT2D eigenvalue weighted by Crippen LogP contribution is -2.42. The third-order valence-corrected chi connectivity index (χ3v) is 4.15. The molecule has 4 heteroatoms. The van der Waals surface area contributed by atoms with Crippen molar-refractivity contribution in [2.24, 2.45) is 0 Å². The molecular formula is C18H28N2O2. The summed E-state index contributed by atoms with van der Waals surface area (Å²) in [5.74, 6) is 1.78. The molecule has 122 valence electrons. The van der Waals surface area contributed by atoms with Gasteiger partial charge in [-0.1, -0.05) is 12.2 Å². The second kappa shape index (κ2) is 8.20. The number of methoxy groups -OCH3 is 2. The first-order valence-corrected chi connectivity index (χ1v) is 7.93. The average Bonchev–Trinajstić information content (AvgIpc) is 2.53. The number of likely N-dealkylation sites (tertiary alicyclic amines) is 1. The number of benzene rings is 1. The summed E-state index contributed by atoms with van der Waals surface area (Å²) in [6.07, 6.45) is 2.36. The number of hydrogen-bond acceptors (Lipinski definition) is 4. The van der Waals surface area contributed by atoms with E-state index < -0.39 is 0 Å². The lowest BCUT2D eigenvalue weighted by atomic mass is 10.0. The maximum atomic E-state index is 5.43. The monoisotopic (exact) mass is 304 g/mol. The molecular weight excluding hydrogens is 276 g/mol. The maximum Gasteiger partial charge on any atom is 0.123 e. The molecule has 0 aliphatic carbocycles. The van der Waals surface area contributed by atoms with Gasteiger partial charge in [-0.25, -0.2) is 0 Å². The topological polar surface area (TPSA) is 33.7 Å². The van der Waals surface area contributed by atoms with Crippen LogP contribution in [0.3, 0.4) is 0 Å². The first-order valence-electron chi connectivity index (χ1n) is 7.93. The molecule has 1 aliphatic heterocycles. The van der Waals surface area contributed by atoms with Gasteiger partial charge < -0.3 is 14.8 Å². The third kappa shape index (κ3) is 4.75. The first kappa shape index (κ1) is 16.8. The van der Waals surface area contributed by atoms with Crippen LogP contribution in [-0.2, 0) is 6.54 Å². The molecule has 1 heterocycles. The quantitative estimate of drug-likeness (QED) is 0.786. The Morgan fingerprint density at radius 1 is 1.27 bits per heavy atom. The Balaban J connectivity index is 1.85. The zero-order valence-corrected chi connectivity index (χ0v) is 14.0. The summed E-state index contributed by atoms with van der Waals surface area (Å²) >= 11 is 0. The molecule has 1 N–H and O–H groups in total. The number of rotatable bonds is 7. The van der Waals surface area contributed by atoms with Gasteiger partial charge in [0.2, 0.25) is 0 Å². The van der Waals surface area contributed by atoms with E-state index in [9.17, 15) is 0 Å². The van der Waals surface area contributed by atoms with Gasteiger partial charge in [0.1, 0.15) is 11.5 Å². The lowest BCUT2D eigenvalue weighted by molar-refractivity contribution is 0.210. The molecule has 0 saturated carbocycles. The van der Waals surface area contributed by atoms with Crippen LogP contribution in [0.1, 0.15) is 25.3 Å². The SMILES string of the molecule is C=C(C)CN1CCC(NCc2cc(OC)ccc2OC)CC1. The molecule has 0 spiro atoms. The number of hydrogen-bond donors (Lipinski definition) is 1. The predicted octanol–water partition coefficient (Wildman–Crippen LogP) is 2.83. The second-order valence-electron chi connectivity index (χ2n) is 6.07. The molecule has 0 bridgehead atoms. The minimum Gasteiger partial charge on any atom is -0.497 e. The van der Waals surface area contributed by atoms with Gasteiger partial charge in [0, 0.05) is 24.7 Å². The fourth-order valence-electron chi connectivity index (χ4n) is 2.95. The van der Waals surface area contributed by atoms with E-state index >= 15 is 0 Å². The molecule has 22 heavy (non-hydrogen) atoms. The fraction of sp³-hybridized carbons (Fsp3) is 0.556. The molecule has 1 aromatic rings. The van der Waals surface area contributed by atoms with Crippen molar-refractivity contribution in [1.29, 1.82) is 0 Å². The van der Waals surface area contributed by atoms with Crippen LogP contribution < -0.4 is 14.8 Å². The summed E-state index contributed by atoms with van der Waals surface area (Å²) < 4.78 is 10.7. The lowest BCUT2D eigenvalue weighted by Gasteiger charge is -2.32. The van der Waals surface area contributed by atoms with E-state index in [1.807, 2.05) is 18.2 Å². The van der Waals surface area contributed by atoms with Crippen molar-refractivity contribution >= 4 is 0 Å². The average molecular weight is 304 g/mol. The van der Waals surface area contributed by atoms with Crippen LogP contribution in [0.25, 0.3) is 0 Å². The summed E-state index contributed by atoms with van der Waals surface area (Å²) in [6, 6.07) is 6.50. The zero-order chi connectivity index (χ0) is 15.9. The minimum absolute atomic E-state index is 0.567. The molecule has 2 rings (SSSR count). The molecule has 1 aliphatic rings. The number of nitrogens with zero attached hydrogens (tertiary/aromatic N) is 1. The van der Waals surface area contributed by atoms with Crippen molar-refractivity contribution in [3.05, 3.63) is 35.9 Å². The Morgan fingerprint density at radius 2 is 2.00 bits per heavy atom. The van der Waals surface area contributed by atoms with Gasteiger partial charge in [0.05, 0.1) is 14.2 Å². The summed E-state index contributed by atoms with van der Waals surface area (Å²) in [4.78, 5) is 2.48. The largest absolute Gasteiger partial charge is 0.497 e. The zero-order valence-electron chi connectivity index (χ0n) is 14.0. The molecule has 0 unspecified atom stereocenters. The van der Waals surface area contributed by atoms with E-state index in [1.165, 1.54) is 18.4 Å². The molecule has 0 radical (unpaired) electrons. The Labute approximate surface area is 134 Å². The summed E-state index contributed by atoms with van der Waals surface area (Å²) in [7, 11) is 3.40. The summed E-state index contributed by atoms with van der Waals surface area (Å²) in [6.45, 7) is 10.2. The Kier molecular flexibility index (Phi) is 6.28. The van der Waals surface area contributed by atoms with Crippen LogP contribution in [0.4, 0.5) is 0 Å². The van der Waals surface area contributed by atoms with Crippen molar-refractivity contribution in [1.82, 2.24) is 10.2 Å². The summed E-state index contributed by atoms with van der Waals surface area (Å²) in [5.41, 5.74) is 2.39. The molecule has 0 atom stereocenters. The maximum absolute atomic E-state index is 5.43. The number of piperidine rings is 1. The molecule has 1 saturated heterocycles. The van der Waals surface area contributed by atoms with Crippen LogP contribution >= 0.6 is 0 Å². The van der Waals surface area contributed by atoms with Crippen molar-refractivity contribution in [2.45, 2.75) is 32.4 Å². The van der Waals surface area contributed by atoms with Crippen molar-refractivity contribution in [3.63, 3.8) is 0 Å². The fourth-order valence-corrected chi connectivity index (χ4v) is 2.95. The highest BCUT2D eigenvalue weighted by atomic mass is 16.5. The third-order valence-electron chi connectivity index (χ3n) is 4.15. The van der Waals surface area contributed by atoms with E-state index in [-0.39, 0.29) is 0 Å². The first-order chi connectivity index (χ1) is 10.6. The van der Waals surface area contributed by atoms with E-state index in [0.717, 1.165) is 43.2 Å². The minimum atomic E-state index is 0.567. The molecule has 1 fully saturated rings. The van der Waals surface area contributed by atoms with Gasteiger partial charge in [0.25, 0.3) is 0 Å². The normalized spacial score (nSPS) is 16.5. The van der Waals surface area contributed by atoms with Gasteiger partial charge in [-0.2, -0.15) is 0 Å². The number of ether oxygens (including phenoxy) is 2. The van der Waals surface area contributed by atoms with Gasteiger partial charge in [-0.15, -0.1) is 0 Å². The Bertz CT molecular complexity index is 494.